The maximum atomic E-state index is 12.2. The van der Waals surface area contributed by atoms with Crippen LogP contribution >= 0.6 is 11.3 Å². The van der Waals surface area contributed by atoms with Gasteiger partial charge in [0.15, 0.2) is 0 Å². The number of hydrogen-bond donors (Lipinski definition) is 1. The normalized spacial score (nSPS) is 12.4. The van der Waals surface area contributed by atoms with Crippen molar-refractivity contribution in [1.29, 1.82) is 0 Å². The first-order chi connectivity index (χ1) is 10.1. The molecule has 2 aromatic rings. The van der Waals surface area contributed by atoms with Crippen molar-refractivity contribution in [3.05, 3.63) is 57.8 Å². The van der Waals surface area contributed by atoms with Gasteiger partial charge in [-0.05, 0) is 50.0 Å². The third kappa shape index (κ3) is 4.41. The number of nitrogens with zero attached hydrogens (tertiary/aromatic N) is 1. The Kier molecular flexibility index (Phi) is 5.53. The minimum atomic E-state index is 0.0300. The first-order valence-electron chi connectivity index (χ1n) is 7.10. The number of amides is 1. The molecule has 3 nitrogen and oxygen atoms in total. The summed E-state index contributed by atoms with van der Waals surface area (Å²) in [5.74, 6) is 0.0300. The fraction of sp³-hybridized carbons (Fsp3) is 0.353. The number of carbonyl (C=O) groups is 1. The lowest BCUT2D eigenvalue weighted by atomic mass is 10.1. The lowest BCUT2D eigenvalue weighted by molar-refractivity contribution is 0.0945. The molecule has 0 unspecified atom stereocenters. The molecule has 1 atom stereocenters. The second-order valence-electron chi connectivity index (χ2n) is 5.45. The van der Waals surface area contributed by atoms with Gasteiger partial charge in [-0.1, -0.05) is 30.3 Å². The fourth-order valence-electron chi connectivity index (χ4n) is 2.22. The summed E-state index contributed by atoms with van der Waals surface area (Å²) in [5.41, 5.74) is 2.33. The molecule has 1 aromatic carbocycles. The van der Waals surface area contributed by atoms with Gasteiger partial charge in [-0.15, -0.1) is 11.3 Å². The Morgan fingerprint density at radius 1 is 1.24 bits per heavy atom. The van der Waals surface area contributed by atoms with Crippen molar-refractivity contribution in [2.75, 3.05) is 20.6 Å². The SMILES string of the molecule is Cc1ccsc1C(=O)NC[C@@H](Cc1ccccc1)N(C)C. The van der Waals surface area contributed by atoms with Crippen molar-refractivity contribution >= 4 is 17.2 Å². The molecule has 0 aliphatic carbocycles. The number of likely N-dealkylation sites (N-methyl/N-ethyl adjacent to an activating group) is 1. The maximum Gasteiger partial charge on any atom is 0.261 e. The fourth-order valence-corrected chi connectivity index (χ4v) is 3.06. The van der Waals surface area contributed by atoms with Crippen LogP contribution in [0.15, 0.2) is 41.8 Å². The van der Waals surface area contributed by atoms with Crippen molar-refractivity contribution in [1.82, 2.24) is 10.2 Å². The highest BCUT2D eigenvalue weighted by molar-refractivity contribution is 7.12. The third-order valence-electron chi connectivity index (χ3n) is 3.61. The van der Waals surface area contributed by atoms with E-state index in [1.807, 2.05) is 24.4 Å². The van der Waals surface area contributed by atoms with Crippen LogP contribution in [0.1, 0.15) is 20.8 Å². The van der Waals surface area contributed by atoms with Gasteiger partial charge in [0.25, 0.3) is 5.91 Å². The number of hydrogen-bond acceptors (Lipinski definition) is 3. The minimum Gasteiger partial charge on any atom is -0.350 e. The minimum absolute atomic E-state index is 0.0300. The van der Waals surface area contributed by atoms with Crippen LogP contribution in [0.5, 0.6) is 0 Å². The molecule has 1 heterocycles. The highest BCUT2D eigenvalue weighted by atomic mass is 32.1. The maximum absolute atomic E-state index is 12.2. The first kappa shape index (κ1) is 15.7. The first-order valence-corrected chi connectivity index (χ1v) is 7.98. The Labute approximate surface area is 130 Å². The predicted molar refractivity (Wildman–Crippen MR) is 89.0 cm³/mol. The molecule has 0 fully saturated rings. The molecule has 2 rings (SSSR count). The van der Waals surface area contributed by atoms with Gasteiger partial charge in [-0.25, -0.2) is 0 Å². The molecule has 0 spiro atoms. The highest BCUT2D eigenvalue weighted by Gasteiger charge is 2.16. The van der Waals surface area contributed by atoms with Gasteiger partial charge in [0.1, 0.15) is 0 Å². The van der Waals surface area contributed by atoms with E-state index in [0.29, 0.717) is 6.54 Å². The van der Waals surface area contributed by atoms with Gasteiger partial charge >= 0.3 is 0 Å². The van der Waals surface area contributed by atoms with E-state index >= 15 is 0 Å². The predicted octanol–water partition coefficient (Wildman–Crippen LogP) is 2.96. The van der Waals surface area contributed by atoms with Crippen LogP contribution in [-0.4, -0.2) is 37.5 Å². The van der Waals surface area contributed by atoms with Crippen molar-refractivity contribution in [3.63, 3.8) is 0 Å². The van der Waals surface area contributed by atoms with E-state index in [2.05, 4.69) is 48.6 Å². The molecular weight excluding hydrogens is 280 g/mol. The van der Waals surface area contributed by atoms with E-state index in [9.17, 15) is 4.79 Å². The zero-order chi connectivity index (χ0) is 15.2. The second kappa shape index (κ2) is 7.38. The van der Waals surface area contributed by atoms with E-state index in [4.69, 9.17) is 0 Å². The summed E-state index contributed by atoms with van der Waals surface area (Å²) in [4.78, 5) is 15.2. The smallest absolute Gasteiger partial charge is 0.261 e. The van der Waals surface area contributed by atoms with Crippen molar-refractivity contribution in [2.24, 2.45) is 0 Å². The Bertz CT molecular complexity index is 577. The Hall–Kier alpha value is -1.65. The van der Waals surface area contributed by atoms with Crippen molar-refractivity contribution in [3.8, 4) is 0 Å². The number of benzene rings is 1. The number of rotatable bonds is 6. The van der Waals surface area contributed by atoms with Gasteiger partial charge in [0.05, 0.1) is 4.88 Å². The van der Waals surface area contributed by atoms with Gasteiger partial charge in [0.2, 0.25) is 0 Å². The quantitative estimate of drug-likeness (QED) is 0.890. The van der Waals surface area contributed by atoms with E-state index in [1.165, 1.54) is 16.9 Å². The largest absolute Gasteiger partial charge is 0.350 e. The molecule has 1 amide bonds. The van der Waals surface area contributed by atoms with Gasteiger partial charge in [0, 0.05) is 12.6 Å². The average molecular weight is 302 g/mol. The molecule has 0 aliphatic heterocycles. The summed E-state index contributed by atoms with van der Waals surface area (Å²) in [6.07, 6.45) is 0.928. The summed E-state index contributed by atoms with van der Waals surface area (Å²) in [5, 5.41) is 5.01. The summed E-state index contributed by atoms with van der Waals surface area (Å²) in [7, 11) is 4.10. The van der Waals surface area contributed by atoms with Crippen LogP contribution < -0.4 is 5.32 Å². The van der Waals surface area contributed by atoms with E-state index in [-0.39, 0.29) is 11.9 Å². The molecule has 0 saturated carbocycles. The Balaban J connectivity index is 1.95. The van der Waals surface area contributed by atoms with Gasteiger partial charge in [-0.3, -0.25) is 4.79 Å². The molecule has 112 valence electrons. The number of nitrogens with one attached hydrogen (secondary N) is 1. The molecule has 0 radical (unpaired) electrons. The van der Waals surface area contributed by atoms with E-state index < -0.39 is 0 Å². The van der Waals surface area contributed by atoms with Gasteiger partial charge < -0.3 is 10.2 Å². The summed E-state index contributed by atoms with van der Waals surface area (Å²) in [6, 6.07) is 12.6. The molecule has 1 N–H and O–H groups in total. The van der Waals surface area contributed by atoms with E-state index in [0.717, 1.165) is 16.9 Å². The van der Waals surface area contributed by atoms with Crippen LogP contribution in [0, 0.1) is 6.92 Å². The van der Waals surface area contributed by atoms with Crippen molar-refractivity contribution in [2.45, 2.75) is 19.4 Å². The monoisotopic (exact) mass is 302 g/mol. The molecule has 0 aliphatic rings. The summed E-state index contributed by atoms with van der Waals surface area (Å²) in [6.45, 7) is 2.62. The molecule has 4 heteroatoms. The average Bonchev–Trinajstić information content (AvgIpc) is 2.90. The zero-order valence-corrected chi connectivity index (χ0v) is 13.6. The lowest BCUT2D eigenvalue weighted by Gasteiger charge is -2.24. The number of thiophene rings is 1. The highest BCUT2D eigenvalue weighted by Crippen LogP contribution is 2.15. The molecule has 0 saturated heterocycles. The number of aryl methyl sites for hydroxylation is 1. The molecule has 0 bridgehead atoms. The third-order valence-corrected chi connectivity index (χ3v) is 4.63. The zero-order valence-electron chi connectivity index (χ0n) is 12.8. The topological polar surface area (TPSA) is 32.3 Å². The molecule has 1 aromatic heterocycles. The molecular formula is C17H22N2OS. The van der Waals surface area contributed by atoms with Crippen LogP contribution in [0.2, 0.25) is 0 Å². The molecule has 21 heavy (non-hydrogen) atoms. The standard InChI is InChI=1S/C17H22N2OS/c1-13-9-10-21-16(13)17(20)18-12-15(19(2)3)11-14-7-5-4-6-8-14/h4-10,15H,11-12H2,1-3H3,(H,18,20)/t15-/m1/s1. The Morgan fingerprint density at radius 3 is 2.52 bits per heavy atom. The Morgan fingerprint density at radius 2 is 1.95 bits per heavy atom. The second-order valence-corrected chi connectivity index (χ2v) is 6.37. The van der Waals surface area contributed by atoms with Crippen LogP contribution in [0.4, 0.5) is 0 Å². The van der Waals surface area contributed by atoms with Crippen LogP contribution in [0.25, 0.3) is 0 Å². The number of carbonyl (C=O) groups excluding carboxylic acids is 1. The summed E-state index contributed by atoms with van der Waals surface area (Å²) < 4.78 is 0. The lowest BCUT2D eigenvalue weighted by Crippen LogP contribution is -2.41. The van der Waals surface area contributed by atoms with E-state index in [1.54, 1.807) is 0 Å². The van der Waals surface area contributed by atoms with Crippen molar-refractivity contribution < 1.29 is 4.79 Å². The summed E-state index contributed by atoms with van der Waals surface area (Å²) >= 11 is 1.50. The van der Waals surface area contributed by atoms with Crippen LogP contribution in [0.3, 0.4) is 0 Å². The van der Waals surface area contributed by atoms with Crippen LogP contribution in [-0.2, 0) is 6.42 Å². The van der Waals surface area contributed by atoms with Gasteiger partial charge in [-0.2, -0.15) is 0 Å².